The molecule has 33 heavy (non-hydrogen) atoms. The zero-order valence-electron chi connectivity index (χ0n) is 18.7. The summed E-state index contributed by atoms with van der Waals surface area (Å²) in [6.07, 6.45) is 2.72. The molecule has 1 amide bonds. The first-order valence-electron chi connectivity index (χ1n) is 11.0. The number of piperidine rings is 1. The van der Waals surface area contributed by atoms with Gasteiger partial charge < -0.3 is 9.84 Å². The van der Waals surface area contributed by atoms with Gasteiger partial charge in [0.25, 0.3) is 5.91 Å². The van der Waals surface area contributed by atoms with Crippen molar-refractivity contribution in [3.63, 3.8) is 0 Å². The van der Waals surface area contributed by atoms with Gasteiger partial charge in [-0.3, -0.25) is 29.5 Å². The maximum Gasteiger partial charge on any atom is 0.311 e. The molecule has 2 atom stereocenters. The summed E-state index contributed by atoms with van der Waals surface area (Å²) in [5, 5.41) is 22.8. The molecule has 0 aliphatic carbocycles. The molecular weight excluding hydrogens is 426 g/mol. The molecule has 9 nitrogen and oxygen atoms in total. The summed E-state index contributed by atoms with van der Waals surface area (Å²) >= 11 is 0. The van der Waals surface area contributed by atoms with E-state index in [0.717, 1.165) is 31.9 Å². The minimum Gasteiger partial charge on any atom is -0.490 e. The second-order valence-corrected chi connectivity index (χ2v) is 8.65. The number of aliphatic hydroxyl groups is 1. The highest BCUT2D eigenvalue weighted by atomic mass is 16.6. The van der Waals surface area contributed by atoms with Gasteiger partial charge >= 0.3 is 5.69 Å². The Kier molecular flexibility index (Phi) is 6.18. The molecule has 1 fully saturated rings. The van der Waals surface area contributed by atoms with Gasteiger partial charge in [-0.15, -0.1) is 0 Å². The predicted octanol–water partition coefficient (Wildman–Crippen LogP) is 3.24. The van der Waals surface area contributed by atoms with Crippen LogP contribution in [0.1, 0.15) is 48.5 Å². The summed E-state index contributed by atoms with van der Waals surface area (Å²) in [6, 6.07) is 11.1. The molecule has 2 unspecified atom stereocenters. The normalized spacial score (nSPS) is 22.8. The van der Waals surface area contributed by atoms with Crippen LogP contribution in [0.4, 0.5) is 11.4 Å². The molecule has 4 rings (SSSR count). The van der Waals surface area contributed by atoms with Gasteiger partial charge in [0.1, 0.15) is 0 Å². The van der Waals surface area contributed by atoms with E-state index in [1.165, 1.54) is 19.2 Å². The molecule has 0 radical (unpaired) electrons. The lowest BCUT2D eigenvalue weighted by molar-refractivity contribution is -0.385. The fraction of sp³-hybridized carbons (Fsp3) is 0.417. The molecule has 9 heteroatoms. The number of carbonyl (C=O) groups is 2. The van der Waals surface area contributed by atoms with Gasteiger partial charge in [-0.25, -0.2) is 0 Å². The summed E-state index contributed by atoms with van der Waals surface area (Å²) in [5.74, 6) is -1.10. The third-order valence-electron chi connectivity index (χ3n) is 6.62. The number of ether oxygens (including phenoxy) is 1. The lowest BCUT2D eigenvalue weighted by Crippen LogP contribution is -2.49. The van der Waals surface area contributed by atoms with Crippen LogP contribution in [0.25, 0.3) is 0 Å². The van der Waals surface area contributed by atoms with E-state index in [1.807, 2.05) is 0 Å². The van der Waals surface area contributed by atoms with Crippen molar-refractivity contribution < 1.29 is 24.4 Å². The molecule has 1 N–H and O–H groups in total. The number of fused-ring (bicyclic) bond motifs is 1. The van der Waals surface area contributed by atoms with Crippen molar-refractivity contribution in [3.8, 4) is 5.75 Å². The molecule has 0 aromatic heterocycles. The first kappa shape index (κ1) is 22.9. The zero-order chi connectivity index (χ0) is 23.8. The van der Waals surface area contributed by atoms with E-state index in [4.69, 9.17) is 4.74 Å². The summed E-state index contributed by atoms with van der Waals surface area (Å²) in [7, 11) is 1.30. The van der Waals surface area contributed by atoms with Gasteiger partial charge in [0.2, 0.25) is 0 Å². The van der Waals surface area contributed by atoms with Gasteiger partial charge in [0.05, 0.1) is 30.8 Å². The average molecular weight is 453 g/mol. The van der Waals surface area contributed by atoms with Crippen molar-refractivity contribution in [2.75, 3.05) is 25.2 Å². The fourth-order valence-corrected chi connectivity index (χ4v) is 4.71. The van der Waals surface area contributed by atoms with Crippen LogP contribution < -0.4 is 9.64 Å². The van der Waals surface area contributed by atoms with Gasteiger partial charge in [0, 0.05) is 29.8 Å². The quantitative estimate of drug-likeness (QED) is 0.389. The maximum absolute atomic E-state index is 13.5. The number of rotatable bonds is 7. The molecule has 174 valence electrons. The lowest BCUT2D eigenvalue weighted by atomic mass is 9.88. The zero-order valence-corrected chi connectivity index (χ0v) is 18.7. The third kappa shape index (κ3) is 4.09. The van der Waals surface area contributed by atoms with Crippen LogP contribution in [0.5, 0.6) is 5.75 Å². The second kappa shape index (κ2) is 8.92. The number of hydrogen-bond donors (Lipinski definition) is 1. The number of anilines is 1. The first-order chi connectivity index (χ1) is 15.8. The largest absolute Gasteiger partial charge is 0.490 e. The van der Waals surface area contributed by atoms with Crippen LogP contribution in [-0.4, -0.2) is 53.0 Å². The number of hydrogen-bond acceptors (Lipinski definition) is 7. The molecule has 1 saturated heterocycles. The number of para-hydroxylation sites is 1. The van der Waals surface area contributed by atoms with Gasteiger partial charge in [0.15, 0.2) is 17.1 Å². The average Bonchev–Trinajstić information content (AvgIpc) is 3.01. The highest BCUT2D eigenvalue weighted by Gasteiger charge is 2.51. The summed E-state index contributed by atoms with van der Waals surface area (Å²) < 4.78 is 4.99. The van der Waals surface area contributed by atoms with E-state index in [-0.39, 0.29) is 17.0 Å². The molecule has 2 aliphatic heterocycles. The molecule has 2 heterocycles. The number of nitro groups is 1. The number of ketones is 1. The highest BCUT2D eigenvalue weighted by Crippen LogP contribution is 2.43. The number of amides is 1. The number of methoxy groups -OCH3 is 1. The predicted molar refractivity (Wildman–Crippen MR) is 121 cm³/mol. The number of Topliss-reactive ketones (excluding diaryl/α,β-unsaturated/α-hetero) is 1. The van der Waals surface area contributed by atoms with Crippen molar-refractivity contribution in [3.05, 3.63) is 63.7 Å². The summed E-state index contributed by atoms with van der Waals surface area (Å²) in [4.78, 5) is 41.0. The topological polar surface area (TPSA) is 113 Å². The van der Waals surface area contributed by atoms with E-state index in [1.54, 1.807) is 29.2 Å². The highest BCUT2D eigenvalue weighted by molar-refractivity contribution is 6.10. The Bertz CT molecular complexity index is 1100. The maximum atomic E-state index is 13.5. The Morgan fingerprint density at radius 2 is 2.03 bits per heavy atom. The van der Waals surface area contributed by atoms with Crippen molar-refractivity contribution in [2.24, 2.45) is 0 Å². The number of nitrogens with zero attached hydrogens (tertiary/aromatic N) is 3. The van der Waals surface area contributed by atoms with Crippen LogP contribution in [0, 0.1) is 10.1 Å². The third-order valence-corrected chi connectivity index (χ3v) is 6.62. The van der Waals surface area contributed by atoms with Crippen molar-refractivity contribution in [1.82, 2.24) is 4.90 Å². The molecule has 0 spiro atoms. The Balaban J connectivity index is 1.63. The van der Waals surface area contributed by atoms with Crippen LogP contribution in [0.3, 0.4) is 0 Å². The second-order valence-electron chi connectivity index (χ2n) is 8.65. The monoisotopic (exact) mass is 453 g/mol. The van der Waals surface area contributed by atoms with Gasteiger partial charge in [-0.2, -0.15) is 0 Å². The van der Waals surface area contributed by atoms with Crippen molar-refractivity contribution in [1.29, 1.82) is 0 Å². The van der Waals surface area contributed by atoms with E-state index < -0.39 is 28.6 Å². The Morgan fingerprint density at radius 1 is 1.27 bits per heavy atom. The van der Waals surface area contributed by atoms with Crippen molar-refractivity contribution >= 4 is 23.1 Å². The number of nitro benzene ring substituents is 1. The Morgan fingerprint density at radius 3 is 2.73 bits per heavy atom. The number of likely N-dealkylation sites (tertiary alicyclic amines) is 1. The Hall–Kier alpha value is -3.30. The fourth-order valence-electron chi connectivity index (χ4n) is 4.71. The lowest BCUT2D eigenvalue weighted by Gasteiger charge is -2.36. The van der Waals surface area contributed by atoms with Crippen molar-refractivity contribution in [2.45, 2.75) is 44.2 Å². The minimum atomic E-state index is -2.04. The molecule has 2 aromatic rings. The molecular formula is C24H27N3O6. The molecule has 0 bridgehead atoms. The SMILES string of the molecule is COc1ccc(C(=O)CC2(O)C(=O)N(CN3CCCCC3C)c3ccccc32)cc1[N+](=O)[O-]. The first-order valence-corrected chi connectivity index (χ1v) is 11.0. The van der Waals surface area contributed by atoms with Crippen LogP contribution in [0.15, 0.2) is 42.5 Å². The number of carbonyl (C=O) groups excluding carboxylic acids is 2. The molecule has 2 aliphatic rings. The smallest absolute Gasteiger partial charge is 0.311 e. The standard InChI is InChI=1S/C24H27N3O6/c1-16-7-5-6-12-25(16)15-26-19-9-4-3-8-18(19)24(30,23(26)29)14-21(28)17-10-11-22(33-2)20(13-17)27(31)32/h3-4,8-11,13,16,30H,5-7,12,14-15H2,1-2H3. The molecule has 0 saturated carbocycles. The summed E-state index contributed by atoms with van der Waals surface area (Å²) in [5.41, 5.74) is -1.41. The number of benzene rings is 2. The van der Waals surface area contributed by atoms with Gasteiger partial charge in [-0.1, -0.05) is 24.6 Å². The minimum absolute atomic E-state index is 0.0272. The van der Waals surface area contributed by atoms with E-state index in [9.17, 15) is 24.8 Å². The van der Waals surface area contributed by atoms with Gasteiger partial charge in [-0.05, 0) is 38.0 Å². The summed E-state index contributed by atoms with van der Waals surface area (Å²) in [6.45, 7) is 3.32. The van der Waals surface area contributed by atoms with Crippen LogP contribution in [-0.2, 0) is 10.4 Å². The van der Waals surface area contributed by atoms with E-state index in [0.29, 0.717) is 24.0 Å². The van der Waals surface area contributed by atoms with Crippen LogP contribution in [0.2, 0.25) is 0 Å². The Labute approximate surface area is 191 Å². The van der Waals surface area contributed by atoms with Crippen LogP contribution >= 0.6 is 0 Å². The van der Waals surface area contributed by atoms with E-state index in [2.05, 4.69) is 11.8 Å². The molecule has 2 aromatic carbocycles. The van der Waals surface area contributed by atoms with E-state index >= 15 is 0 Å².